The van der Waals surface area contributed by atoms with E-state index in [1.165, 1.54) is 122 Å². The van der Waals surface area contributed by atoms with Gasteiger partial charge in [-0.15, -0.1) is 0 Å². The van der Waals surface area contributed by atoms with Gasteiger partial charge in [0.15, 0.2) is 0 Å². The second-order valence-corrected chi connectivity index (χ2v) is 22.6. The van der Waals surface area contributed by atoms with Gasteiger partial charge in [0.05, 0.1) is 6.54 Å². The van der Waals surface area contributed by atoms with Gasteiger partial charge in [-0.25, -0.2) is 4.79 Å². The van der Waals surface area contributed by atoms with E-state index in [2.05, 4.69) is 58.3 Å². The molecule has 8 nitrogen and oxygen atoms in total. The molecule has 0 unspecified atom stereocenters. The molecule has 4 rings (SSSR count). The Hall–Kier alpha value is -2.09. The minimum atomic E-state index is -0.322. The first-order valence-corrected chi connectivity index (χ1v) is 27.8. The van der Waals surface area contributed by atoms with Crippen molar-refractivity contribution in [2.75, 3.05) is 32.7 Å². The molecule has 8 heteroatoms. The van der Waals surface area contributed by atoms with Crippen LogP contribution in [0.1, 0.15) is 241 Å². The SMILES string of the molecule is CCCCCCCCCCCCCCCC(=O)N(CCCCNC(=O)O[C@H]1CC[C@@]2(C)C(=CC[C@H]3[C@@H]4CC[C@H]([C@H](C)CCCC(C)C)[C@@]4(C)CC[C@@H]32)C1)CC(=O)NCCCCCCN. The van der Waals surface area contributed by atoms with E-state index in [4.69, 9.17) is 10.5 Å². The zero-order chi connectivity index (χ0) is 46.2. The lowest BCUT2D eigenvalue weighted by molar-refractivity contribution is -0.136. The lowest BCUT2D eigenvalue weighted by Crippen LogP contribution is -2.51. The average molecular weight is 895 g/mol. The maximum Gasteiger partial charge on any atom is 0.407 e. The summed E-state index contributed by atoms with van der Waals surface area (Å²) in [5.41, 5.74) is 7.91. The second-order valence-electron chi connectivity index (χ2n) is 22.6. The molecule has 0 aromatic carbocycles. The molecule has 0 spiro atoms. The van der Waals surface area contributed by atoms with Crippen molar-refractivity contribution >= 4 is 17.9 Å². The summed E-state index contributed by atoms with van der Waals surface area (Å²) in [6.07, 6.45) is 38.6. The standard InChI is InChI=1S/C56H102N4O4/c1-7-8-9-10-11-12-13-14-15-16-17-18-21-29-53(62)60(43-52(61)58-39-23-20-19-22-38-57)41-25-24-40-59-54(63)64-47-34-36-55(5)46(42-47)30-31-48-50-33-32-49(45(4)28-26-27-44(2)3)56(50,6)37-35-51(48)55/h30,44-45,47-51H,7-29,31-43,57H2,1-6H3,(H,58,61)(H,59,63)/t45-,47+,48+,49-,50+,51+,55+,56-/m1/s1. The van der Waals surface area contributed by atoms with Crippen molar-refractivity contribution in [1.29, 1.82) is 0 Å². The Morgan fingerprint density at radius 2 is 1.38 bits per heavy atom. The molecule has 3 amide bonds. The Balaban J connectivity index is 1.15. The Labute approximate surface area is 394 Å². The van der Waals surface area contributed by atoms with Gasteiger partial charge < -0.3 is 26.0 Å². The molecule has 8 atom stereocenters. The van der Waals surface area contributed by atoms with E-state index < -0.39 is 0 Å². The summed E-state index contributed by atoms with van der Waals surface area (Å²) < 4.78 is 6.08. The largest absolute Gasteiger partial charge is 0.446 e. The Bertz CT molecular complexity index is 1370. The summed E-state index contributed by atoms with van der Waals surface area (Å²) >= 11 is 0. The van der Waals surface area contributed by atoms with Crippen LogP contribution in [0.3, 0.4) is 0 Å². The van der Waals surface area contributed by atoms with Crippen molar-refractivity contribution in [2.45, 2.75) is 247 Å². The van der Waals surface area contributed by atoms with Crippen molar-refractivity contribution in [3.63, 3.8) is 0 Å². The van der Waals surface area contributed by atoms with Gasteiger partial charge in [-0.2, -0.15) is 0 Å². The maximum atomic E-state index is 13.4. The molecule has 0 saturated heterocycles. The zero-order valence-electron chi connectivity index (χ0n) is 42.7. The third-order valence-electron chi connectivity index (χ3n) is 17.3. The summed E-state index contributed by atoms with van der Waals surface area (Å²) in [6, 6.07) is 0. The Morgan fingerprint density at radius 1 is 0.734 bits per heavy atom. The molecule has 0 aromatic heterocycles. The molecular weight excluding hydrogens is 793 g/mol. The third-order valence-corrected chi connectivity index (χ3v) is 17.3. The van der Waals surface area contributed by atoms with Crippen molar-refractivity contribution in [1.82, 2.24) is 15.5 Å². The molecule has 4 aliphatic carbocycles. The molecule has 3 fully saturated rings. The lowest BCUT2D eigenvalue weighted by Gasteiger charge is -2.58. The van der Waals surface area contributed by atoms with Crippen LogP contribution in [0.4, 0.5) is 4.79 Å². The minimum absolute atomic E-state index is 0.0651. The Kier molecular flexibility index (Phi) is 25.2. The predicted octanol–water partition coefficient (Wildman–Crippen LogP) is 13.8. The Morgan fingerprint density at radius 3 is 2.06 bits per heavy atom. The monoisotopic (exact) mass is 895 g/mol. The van der Waals surface area contributed by atoms with Crippen molar-refractivity contribution in [3.8, 4) is 0 Å². The van der Waals surface area contributed by atoms with E-state index in [-0.39, 0.29) is 36.0 Å². The van der Waals surface area contributed by atoms with E-state index in [1.807, 2.05) is 0 Å². The normalized spacial score (nSPS) is 26.7. The third kappa shape index (κ3) is 17.5. The minimum Gasteiger partial charge on any atom is -0.446 e. The van der Waals surface area contributed by atoms with Crippen LogP contribution in [0.15, 0.2) is 11.6 Å². The van der Waals surface area contributed by atoms with Gasteiger partial charge in [-0.3, -0.25) is 9.59 Å². The molecule has 3 saturated carbocycles. The number of amides is 3. The number of rotatable bonds is 33. The van der Waals surface area contributed by atoms with Gasteiger partial charge in [-0.1, -0.05) is 162 Å². The summed E-state index contributed by atoms with van der Waals surface area (Å²) in [5, 5.41) is 6.05. The fraction of sp³-hybridized carbons (Fsp3) is 0.911. The van der Waals surface area contributed by atoms with Gasteiger partial charge in [0.2, 0.25) is 11.8 Å². The molecule has 4 N–H and O–H groups in total. The first-order chi connectivity index (χ1) is 30.9. The van der Waals surface area contributed by atoms with E-state index in [0.29, 0.717) is 38.0 Å². The molecule has 0 aromatic rings. The number of fused-ring (bicyclic) bond motifs is 5. The predicted molar refractivity (Wildman–Crippen MR) is 268 cm³/mol. The van der Waals surface area contributed by atoms with E-state index in [1.54, 1.807) is 10.5 Å². The van der Waals surface area contributed by atoms with E-state index >= 15 is 0 Å². The van der Waals surface area contributed by atoms with Crippen LogP contribution in [0.5, 0.6) is 0 Å². The highest BCUT2D eigenvalue weighted by atomic mass is 16.6. The van der Waals surface area contributed by atoms with Gasteiger partial charge in [0, 0.05) is 32.5 Å². The lowest BCUT2D eigenvalue weighted by atomic mass is 9.47. The quantitative estimate of drug-likeness (QED) is 0.0448. The number of allylic oxidation sites excluding steroid dienone is 1. The number of ether oxygens (including phenoxy) is 1. The number of hydrogen-bond donors (Lipinski definition) is 3. The number of nitrogens with two attached hydrogens (primary N) is 1. The van der Waals surface area contributed by atoms with Crippen LogP contribution in [-0.4, -0.2) is 61.6 Å². The first-order valence-electron chi connectivity index (χ1n) is 27.8. The second kappa shape index (κ2) is 29.6. The topological polar surface area (TPSA) is 114 Å². The number of nitrogens with zero attached hydrogens (tertiary/aromatic N) is 1. The fourth-order valence-electron chi connectivity index (χ4n) is 13.4. The number of unbranched alkanes of at least 4 members (excludes halogenated alkanes) is 16. The fourth-order valence-corrected chi connectivity index (χ4v) is 13.4. The molecule has 0 heterocycles. The number of hydrogen-bond acceptors (Lipinski definition) is 5. The van der Waals surface area contributed by atoms with Gasteiger partial charge in [0.1, 0.15) is 6.10 Å². The molecule has 0 radical (unpaired) electrons. The van der Waals surface area contributed by atoms with Crippen LogP contribution >= 0.6 is 0 Å². The summed E-state index contributed by atoms with van der Waals surface area (Å²) in [7, 11) is 0. The van der Waals surface area contributed by atoms with Crippen LogP contribution in [-0.2, 0) is 14.3 Å². The first kappa shape index (κ1) is 54.5. The molecule has 64 heavy (non-hydrogen) atoms. The van der Waals surface area contributed by atoms with Crippen LogP contribution in [0, 0.1) is 46.3 Å². The summed E-state index contributed by atoms with van der Waals surface area (Å²) in [5.74, 6) is 4.92. The molecular formula is C56H102N4O4. The highest BCUT2D eigenvalue weighted by Gasteiger charge is 2.59. The van der Waals surface area contributed by atoms with Crippen molar-refractivity contribution in [3.05, 3.63) is 11.6 Å². The van der Waals surface area contributed by atoms with Gasteiger partial charge in [-0.05, 0) is 130 Å². The number of carbonyl (C=O) groups excluding carboxylic acids is 3. The smallest absolute Gasteiger partial charge is 0.407 e. The molecule has 0 bridgehead atoms. The van der Waals surface area contributed by atoms with Crippen molar-refractivity contribution < 1.29 is 19.1 Å². The summed E-state index contributed by atoms with van der Waals surface area (Å²) in [4.78, 5) is 41.2. The molecule has 4 aliphatic rings. The summed E-state index contributed by atoms with van der Waals surface area (Å²) in [6.45, 7) is 17.3. The number of nitrogens with one attached hydrogen (secondary N) is 2. The van der Waals surface area contributed by atoms with Crippen LogP contribution in [0.25, 0.3) is 0 Å². The van der Waals surface area contributed by atoms with Crippen LogP contribution < -0.4 is 16.4 Å². The van der Waals surface area contributed by atoms with Crippen molar-refractivity contribution in [2.24, 2.45) is 52.1 Å². The van der Waals surface area contributed by atoms with Gasteiger partial charge >= 0.3 is 6.09 Å². The number of alkyl carbamates (subject to hydrolysis) is 1. The van der Waals surface area contributed by atoms with E-state index in [9.17, 15) is 14.4 Å². The van der Waals surface area contributed by atoms with Gasteiger partial charge in [0.25, 0.3) is 0 Å². The maximum absolute atomic E-state index is 13.4. The molecule has 370 valence electrons. The zero-order valence-corrected chi connectivity index (χ0v) is 42.7. The van der Waals surface area contributed by atoms with Crippen LogP contribution in [0.2, 0.25) is 0 Å². The average Bonchev–Trinajstić information content (AvgIpc) is 3.63. The van der Waals surface area contributed by atoms with E-state index in [0.717, 1.165) is 106 Å². The molecule has 0 aliphatic heterocycles. The highest BCUT2D eigenvalue weighted by Crippen LogP contribution is 2.67. The number of carbonyl (C=O) groups is 3. The highest BCUT2D eigenvalue weighted by molar-refractivity contribution is 5.84.